The van der Waals surface area contributed by atoms with Gasteiger partial charge < -0.3 is 0 Å². The second-order valence-corrected chi connectivity index (χ2v) is 6.00. The molecule has 1 atom stereocenters. The van der Waals surface area contributed by atoms with Crippen LogP contribution in [0.1, 0.15) is 19.4 Å². The van der Waals surface area contributed by atoms with Crippen molar-refractivity contribution in [3.8, 4) is 6.07 Å². The highest BCUT2D eigenvalue weighted by molar-refractivity contribution is 7.99. The fraction of sp³-hybridized carbons (Fsp3) is 0.429. The number of hydrogen-bond acceptors (Lipinski definition) is 6. The van der Waals surface area contributed by atoms with Gasteiger partial charge in [-0.2, -0.15) is 5.26 Å². The van der Waals surface area contributed by atoms with Gasteiger partial charge in [0.2, 0.25) is 5.16 Å². The van der Waals surface area contributed by atoms with Gasteiger partial charge in [-0.1, -0.05) is 42.1 Å². The van der Waals surface area contributed by atoms with Gasteiger partial charge in [0, 0.05) is 18.8 Å². The van der Waals surface area contributed by atoms with Crippen LogP contribution in [0.2, 0.25) is 0 Å². The maximum absolute atomic E-state index is 9.79. The molecular formula is C14H18N6S. The topological polar surface area (TPSA) is 79.4 Å². The monoisotopic (exact) mass is 302 g/mol. The summed E-state index contributed by atoms with van der Waals surface area (Å²) < 4.78 is 1.60. The lowest BCUT2D eigenvalue weighted by Gasteiger charge is -2.30. The van der Waals surface area contributed by atoms with Crippen LogP contribution in [0.4, 0.5) is 0 Å². The summed E-state index contributed by atoms with van der Waals surface area (Å²) in [6.45, 7) is 4.06. The molecule has 0 radical (unpaired) electrons. The van der Waals surface area contributed by atoms with Gasteiger partial charge in [-0.3, -0.25) is 5.32 Å². The fourth-order valence-electron chi connectivity index (χ4n) is 2.07. The van der Waals surface area contributed by atoms with E-state index in [1.54, 1.807) is 11.7 Å². The molecular weight excluding hydrogens is 284 g/mol. The molecule has 110 valence electrons. The van der Waals surface area contributed by atoms with E-state index in [2.05, 4.69) is 26.9 Å². The molecule has 0 aliphatic rings. The molecule has 7 heteroatoms. The Morgan fingerprint density at radius 2 is 2.10 bits per heavy atom. The van der Waals surface area contributed by atoms with Crippen molar-refractivity contribution in [3.05, 3.63) is 35.9 Å². The van der Waals surface area contributed by atoms with Crippen LogP contribution in [-0.2, 0) is 12.6 Å². The molecule has 0 saturated heterocycles. The van der Waals surface area contributed by atoms with Crippen LogP contribution in [-0.4, -0.2) is 32.0 Å². The van der Waals surface area contributed by atoms with Crippen LogP contribution in [0, 0.1) is 11.3 Å². The van der Waals surface area contributed by atoms with Gasteiger partial charge in [-0.15, -0.1) is 5.10 Å². The third-order valence-electron chi connectivity index (χ3n) is 2.99. The second kappa shape index (κ2) is 6.70. The molecule has 0 aliphatic carbocycles. The molecule has 1 N–H and O–H groups in total. The SMILES string of the molecule is CC(C)NC(C#N)(CSc1nnnn1C)c1ccccc1. The maximum Gasteiger partial charge on any atom is 0.209 e. The third-order valence-corrected chi connectivity index (χ3v) is 4.17. The van der Waals surface area contributed by atoms with E-state index in [1.807, 2.05) is 44.2 Å². The average Bonchev–Trinajstić information content (AvgIpc) is 2.89. The first-order valence-electron chi connectivity index (χ1n) is 6.67. The Labute approximate surface area is 128 Å². The van der Waals surface area contributed by atoms with Gasteiger partial charge >= 0.3 is 0 Å². The van der Waals surface area contributed by atoms with Crippen molar-refractivity contribution >= 4 is 11.8 Å². The predicted octanol–water partition coefficient (Wildman–Crippen LogP) is 1.72. The molecule has 0 amide bonds. The number of aromatic nitrogens is 4. The molecule has 1 aromatic carbocycles. The third kappa shape index (κ3) is 3.60. The standard InChI is InChI=1S/C14H18N6S/c1-11(2)16-14(9-15,12-7-5-4-6-8-12)10-21-13-17-18-19-20(13)3/h4-8,11,16H,10H2,1-3H3. The van der Waals surface area contributed by atoms with Crippen molar-refractivity contribution in [1.29, 1.82) is 5.26 Å². The van der Waals surface area contributed by atoms with E-state index in [0.29, 0.717) is 10.9 Å². The van der Waals surface area contributed by atoms with Gasteiger partial charge in [0.25, 0.3) is 0 Å². The van der Waals surface area contributed by atoms with Gasteiger partial charge in [-0.25, -0.2) is 4.68 Å². The molecule has 1 heterocycles. The first-order valence-corrected chi connectivity index (χ1v) is 7.65. The molecule has 1 aromatic heterocycles. The van der Waals surface area contributed by atoms with E-state index in [4.69, 9.17) is 0 Å². The van der Waals surface area contributed by atoms with E-state index >= 15 is 0 Å². The molecule has 0 bridgehead atoms. The number of nitriles is 1. The first-order chi connectivity index (χ1) is 10.1. The fourth-order valence-corrected chi connectivity index (χ4v) is 3.05. The van der Waals surface area contributed by atoms with Crippen LogP contribution in [0.5, 0.6) is 0 Å². The summed E-state index contributed by atoms with van der Waals surface area (Å²) in [5.74, 6) is 0.528. The zero-order valence-corrected chi connectivity index (χ0v) is 13.1. The summed E-state index contributed by atoms with van der Waals surface area (Å²) in [5, 5.41) is 25.2. The van der Waals surface area contributed by atoms with Crippen molar-refractivity contribution < 1.29 is 0 Å². The lowest BCUT2D eigenvalue weighted by Crippen LogP contribution is -2.47. The minimum Gasteiger partial charge on any atom is -0.293 e. The Morgan fingerprint density at radius 1 is 1.38 bits per heavy atom. The highest BCUT2D eigenvalue weighted by Gasteiger charge is 2.33. The van der Waals surface area contributed by atoms with Crippen LogP contribution < -0.4 is 5.32 Å². The van der Waals surface area contributed by atoms with E-state index in [0.717, 1.165) is 5.56 Å². The highest BCUT2D eigenvalue weighted by atomic mass is 32.2. The largest absolute Gasteiger partial charge is 0.293 e. The predicted molar refractivity (Wildman–Crippen MR) is 81.5 cm³/mol. The maximum atomic E-state index is 9.79. The van der Waals surface area contributed by atoms with Crippen LogP contribution >= 0.6 is 11.8 Å². The summed E-state index contributed by atoms with van der Waals surface area (Å²) in [4.78, 5) is 0. The number of benzene rings is 1. The molecule has 2 rings (SSSR count). The summed E-state index contributed by atoms with van der Waals surface area (Å²) in [6.07, 6.45) is 0. The quantitative estimate of drug-likeness (QED) is 0.819. The Bertz CT molecular complexity index is 618. The lowest BCUT2D eigenvalue weighted by atomic mass is 9.92. The summed E-state index contributed by atoms with van der Waals surface area (Å²) in [7, 11) is 1.79. The van der Waals surface area contributed by atoms with E-state index in [-0.39, 0.29) is 6.04 Å². The van der Waals surface area contributed by atoms with Gasteiger partial charge in [-0.05, 0) is 29.8 Å². The van der Waals surface area contributed by atoms with Crippen molar-refractivity contribution in [2.24, 2.45) is 7.05 Å². The number of tetrazole rings is 1. The zero-order chi connectivity index (χ0) is 15.3. The van der Waals surface area contributed by atoms with Crippen molar-refractivity contribution in [1.82, 2.24) is 25.5 Å². The van der Waals surface area contributed by atoms with Gasteiger partial charge in [0.05, 0.1) is 6.07 Å². The zero-order valence-electron chi connectivity index (χ0n) is 12.3. The Hall–Kier alpha value is -1.91. The average molecular weight is 302 g/mol. The van der Waals surface area contributed by atoms with Crippen LogP contribution in [0.25, 0.3) is 0 Å². The summed E-state index contributed by atoms with van der Waals surface area (Å²) in [5.41, 5.74) is 0.176. The molecule has 2 aromatic rings. The summed E-state index contributed by atoms with van der Waals surface area (Å²) >= 11 is 1.46. The number of nitrogens with zero attached hydrogens (tertiary/aromatic N) is 5. The van der Waals surface area contributed by atoms with Crippen LogP contribution in [0.15, 0.2) is 35.5 Å². The number of thioether (sulfide) groups is 1. The molecule has 0 aliphatic heterocycles. The molecule has 1 unspecified atom stereocenters. The smallest absolute Gasteiger partial charge is 0.209 e. The van der Waals surface area contributed by atoms with E-state index in [9.17, 15) is 5.26 Å². The Balaban J connectivity index is 2.28. The lowest BCUT2D eigenvalue weighted by molar-refractivity contribution is 0.425. The summed E-state index contributed by atoms with van der Waals surface area (Å²) in [6, 6.07) is 12.4. The number of hydrogen-bond donors (Lipinski definition) is 1. The molecule has 0 fully saturated rings. The minimum atomic E-state index is -0.772. The number of rotatable bonds is 6. The second-order valence-electron chi connectivity index (χ2n) is 5.06. The van der Waals surface area contributed by atoms with Gasteiger partial charge in [0.15, 0.2) is 0 Å². The highest BCUT2D eigenvalue weighted by Crippen LogP contribution is 2.28. The first kappa shape index (κ1) is 15.5. The van der Waals surface area contributed by atoms with Gasteiger partial charge in [0.1, 0.15) is 5.54 Å². The number of nitrogens with one attached hydrogen (secondary N) is 1. The van der Waals surface area contributed by atoms with E-state index < -0.39 is 5.54 Å². The van der Waals surface area contributed by atoms with Crippen LogP contribution in [0.3, 0.4) is 0 Å². The van der Waals surface area contributed by atoms with Crippen molar-refractivity contribution in [2.75, 3.05) is 5.75 Å². The molecule has 0 spiro atoms. The van der Waals surface area contributed by atoms with Crippen molar-refractivity contribution in [2.45, 2.75) is 30.6 Å². The Morgan fingerprint density at radius 3 is 2.62 bits per heavy atom. The number of aryl methyl sites for hydroxylation is 1. The minimum absolute atomic E-state index is 0.183. The molecule has 21 heavy (non-hydrogen) atoms. The molecule has 6 nitrogen and oxygen atoms in total. The normalized spacial score (nSPS) is 13.9. The van der Waals surface area contributed by atoms with E-state index in [1.165, 1.54) is 11.8 Å². The Kier molecular flexibility index (Phi) is 4.94. The van der Waals surface area contributed by atoms with Crippen molar-refractivity contribution in [3.63, 3.8) is 0 Å². The molecule has 0 saturated carbocycles.